The lowest BCUT2D eigenvalue weighted by Gasteiger charge is -2.19. The lowest BCUT2D eigenvalue weighted by atomic mass is 10.1. The van der Waals surface area contributed by atoms with Gasteiger partial charge in [0.25, 0.3) is 0 Å². The highest BCUT2D eigenvalue weighted by Crippen LogP contribution is 2.27. The summed E-state index contributed by atoms with van der Waals surface area (Å²) in [6, 6.07) is 12.6. The molecule has 20 heavy (non-hydrogen) atoms. The predicted octanol–water partition coefficient (Wildman–Crippen LogP) is 4.52. The maximum absolute atomic E-state index is 11.0. The summed E-state index contributed by atoms with van der Waals surface area (Å²) in [5.74, 6) is -0.932. The van der Waals surface area contributed by atoms with Crippen LogP contribution in [0.4, 0.5) is 5.69 Å². The molecule has 0 fully saturated rings. The lowest BCUT2D eigenvalue weighted by Crippen LogP contribution is -2.09. The first-order chi connectivity index (χ1) is 9.49. The fourth-order valence-electron chi connectivity index (χ4n) is 2.05. The lowest BCUT2D eigenvalue weighted by molar-refractivity contribution is 0.0697. The quantitative estimate of drug-likeness (QED) is 0.870. The van der Waals surface area contributed by atoms with E-state index in [2.05, 4.69) is 5.32 Å². The summed E-state index contributed by atoms with van der Waals surface area (Å²) in [4.78, 5) is 11.0. The molecule has 1 unspecified atom stereocenters. The highest BCUT2D eigenvalue weighted by molar-refractivity contribution is 6.31. The Labute approximate surface area is 123 Å². The first kappa shape index (κ1) is 14.4. The van der Waals surface area contributed by atoms with E-state index in [-0.39, 0.29) is 11.6 Å². The number of hydrogen-bond acceptors (Lipinski definition) is 2. The van der Waals surface area contributed by atoms with E-state index >= 15 is 0 Å². The van der Waals surface area contributed by atoms with Gasteiger partial charge in [-0.25, -0.2) is 4.79 Å². The Morgan fingerprint density at radius 1 is 1.25 bits per heavy atom. The number of carbonyl (C=O) groups is 1. The normalized spacial score (nSPS) is 11.9. The number of halogens is 1. The number of nitrogens with one attached hydrogen (secondary N) is 1. The summed E-state index contributed by atoms with van der Waals surface area (Å²) in [7, 11) is 0. The van der Waals surface area contributed by atoms with Crippen molar-refractivity contribution in [3.63, 3.8) is 0 Å². The van der Waals surface area contributed by atoms with Gasteiger partial charge < -0.3 is 10.4 Å². The Kier molecular flexibility index (Phi) is 4.30. The van der Waals surface area contributed by atoms with Crippen LogP contribution in [-0.2, 0) is 0 Å². The Bertz CT molecular complexity index is 640. The molecule has 2 aromatic rings. The van der Waals surface area contributed by atoms with E-state index in [1.807, 2.05) is 38.1 Å². The van der Waals surface area contributed by atoms with Crippen molar-refractivity contribution in [2.24, 2.45) is 0 Å². The highest BCUT2D eigenvalue weighted by Gasteiger charge is 2.12. The molecule has 0 amide bonds. The molecule has 2 N–H and O–H groups in total. The SMILES string of the molecule is Cc1ccc(C(=O)O)cc1NC(C)c1ccccc1Cl. The summed E-state index contributed by atoms with van der Waals surface area (Å²) < 4.78 is 0. The first-order valence-electron chi connectivity index (χ1n) is 6.34. The van der Waals surface area contributed by atoms with E-state index in [9.17, 15) is 4.79 Å². The molecule has 0 aromatic heterocycles. The van der Waals surface area contributed by atoms with Gasteiger partial charge in [0, 0.05) is 16.8 Å². The molecule has 0 saturated heterocycles. The van der Waals surface area contributed by atoms with E-state index in [0.29, 0.717) is 5.02 Å². The summed E-state index contributed by atoms with van der Waals surface area (Å²) in [5.41, 5.74) is 3.05. The number of carboxylic acids is 1. The van der Waals surface area contributed by atoms with Crippen molar-refractivity contribution in [1.82, 2.24) is 0 Å². The zero-order valence-corrected chi connectivity index (χ0v) is 12.1. The second-order valence-corrected chi connectivity index (χ2v) is 5.13. The second-order valence-electron chi connectivity index (χ2n) is 4.72. The van der Waals surface area contributed by atoms with E-state index in [1.165, 1.54) is 0 Å². The van der Waals surface area contributed by atoms with Crippen molar-refractivity contribution in [2.45, 2.75) is 19.9 Å². The van der Waals surface area contributed by atoms with Crippen LogP contribution in [0, 0.1) is 6.92 Å². The van der Waals surface area contributed by atoms with Crippen LogP contribution < -0.4 is 5.32 Å². The molecule has 0 aliphatic rings. The molecule has 0 radical (unpaired) electrons. The van der Waals surface area contributed by atoms with Gasteiger partial charge in [-0.15, -0.1) is 0 Å². The van der Waals surface area contributed by atoms with Crippen molar-refractivity contribution in [3.8, 4) is 0 Å². The number of anilines is 1. The summed E-state index contributed by atoms with van der Waals surface area (Å²) >= 11 is 6.17. The minimum atomic E-state index is -0.932. The first-order valence-corrected chi connectivity index (χ1v) is 6.71. The fraction of sp³-hybridized carbons (Fsp3) is 0.188. The van der Waals surface area contributed by atoms with Gasteiger partial charge in [-0.2, -0.15) is 0 Å². The zero-order chi connectivity index (χ0) is 14.7. The number of carboxylic acid groups (broad SMARTS) is 1. The molecule has 0 saturated carbocycles. The van der Waals surface area contributed by atoms with Crippen molar-refractivity contribution < 1.29 is 9.90 Å². The van der Waals surface area contributed by atoms with Gasteiger partial charge in [-0.1, -0.05) is 35.9 Å². The van der Waals surface area contributed by atoms with Crippen LogP contribution in [0.25, 0.3) is 0 Å². The van der Waals surface area contributed by atoms with Gasteiger partial charge in [0.05, 0.1) is 5.56 Å². The van der Waals surface area contributed by atoms with Gasteiger partial charge in [-0.3, -0.25) is 0 Å². The Hall–Kier alpha value is -2.00. The van der Waals surface area contributed by atoms with Gasteiger partial charge in [0.2, 0.25) is 0 Å². The van der Waals surface area contributed by atoms with Crippen LogP contribution >= 0.6 is 11.6 Å². The number of benzene rings is 2. The van der Waals surface area contributed by atoms with E-state index in [4.69, 9.17) is 16.7 Å². The number of aryl methyl sites for hydroxylation is 1. The fourth-order valence-corrected chi connectivity index (χ4v) is 2.35. The minimum Gasteiger partial charge on any atom is -0.478 e. The molecule has 104 valence electrons. The van der Waals surface area contributed by atoms with Crippen LogP contribution in [0.5, 0.6) is 0 Å². The molecule has 0 spiro atoms. The Morgan fingerprint density at radius 3 is 2.60 bits per heavy atom. The molecule has 0 aliphatic carbocycles. The maximum atomic E-state index is 11.0. The average molecular weight is 290 g/mol. The van der Waals surface area contributed by atoms with Gasteiger partial charge >= 0.3 is 5.97 Å². The predicted molar refractivity (Wildman–Crippen MR) is 81.6 cm³/mol. The summed E-state index contributed by atoms with van der Waals surface area (Å²) in [6.45, 7) is 3.93. The van der Waals surface area contributed by atoms with Gasteiger partial charge in [0.1, 0.15) is 0 Å². The number of rotatable bonds is 4. The van der Waals surface area contributed by atoms with Crippen LogP contribution in [-0.4, -0.2) is 11.1 Å². The smallest absolute Gasteiger partial charge is 0.335 e. The molecule has 3 nitrogen and oxygen atoms in total. The third-order valence-electron chi connectivity index (χ3n) is 3.23. The van der Waals surface area contributed by atoms with Gasteiger partial charge in [0.15, 0.2) is 0 Å². The van der Waals surface area contributed by atoms with E-state index < -0.39 is 5.97 Å². The third-order valence-corrected chi connectivity index (χ3v) is 3.57. The molecular weight excluding hydrogens is 274 g/mol. The Balaban J connectivity index is 2.28. The monoisotopic (exact) mass is 289 g/mol. The maximum Gasteiger partial charge on any atom is 0.335 e. The van der Waals surface area contributed by atoms with Crippen LogP contribution in [0.15, 0.2) is 42.5 Å². The van der Waals surface area contributed by atoms with Crippen LogP contribution in [0.2, 0.25) is 5.02 Å². The molecule has 0 aliphatic heterocycles. The highest BCUT2D eigenvalue weighted by atomic mass is 35.5. The molecule has 0 bridgehead atoms. The third kappa shape index (κ3) is 3.11. The largest absolute Gasteiger partial charge is 0.478 e. The zero-order valence-electron chi connectivity index (χ0n) is 11.4. The molecule has 0 heterocycles. The summed E-state index contributed by atoms with van der Waals surface area (Å²) in [5, 5.41) is 13.1. The van der Waals surface area contributed by atoms with E-state index in [1.54, 1.807) is 18.2 Å². The van der Waals surface area contributed by atoms with Crippen molar-refractivity contribution in [1.29, 1.82) is 0 Å². The van der Waals surface area contributed by atoms with Crippen molar-refractivity contribution in [3.05, 3.63) is 64.2 Å². The molecular formula is C16H16ClNO2. The standard InChI is InChI=1S/C16H16ClNO2/c1-10-7-8-12(16(19)20)9-15(10)18-11(2)13-5-3-4-6-14(13)17/h3-9,11,18H,1-2H3,(H,19,20). The number of hydrogen-bond donors (Lipinski definition) is 2. The Morgan fingerprint density at radius 2 is 1.95 bits per heavy atom. The average Bonchev–Trinajstić information content (AvgIpc) is 2.41. The topological polar surface area (TPSA) is 49.3 Å². The molecule has 2 rings (SSSR count). The number of aromatic carboxylic acids is 1. The second kappa shape index (κ2) is 5.97. The molecule has 1 atom stereocenters. The molecule has 4 heteroatoms. The minimum absolute atomic E-state index is 0.00792. The molecule has 2 aromatic carbocycles. The van der Waals surface area contributed by atoms with Gasteiger partial charge in [-0.05, 0) is 43.2 Å². The van der Waals surface area contributed by atoms with E-state index in [0.717, 1.165) is 16.8 Å². The van der Waals surface area contributed by atoms with Crippen LogP contribution in [0.1, 0.15) is 34.5 Å². The van der Waals surface area contributed by atoms with Crippen molar-refractivity contribution in [2.75, 3.05) is 5.32 Å². The van der Waals surface area contributed by atoms with Crippen molar-refractivity contribution >= 4 is 23.3 Å². The summed E-state index contributed by atoms with van der Waals surface area (Å²) in [6.07, 6.45) is 0. The van der Waals surface area contributed by atoms with Crippen LogP contribution in [0.3, 0.4) is 0 Å².